The second-order valence-electron chi connectivity index (χ2n) is 10.9. The van der Waals surface area contributed by atoms with Crippen LogP contribution in [0.15, 0.2) is 60.9 Å². The van der Waals surface area contributed by atoms with E-state index in [0.29, 0.717) is 54.9 Å². The first kappa shape index (κ1) is 28.4. The number of amides is 3. The molecular formula is C33H34N4O6. The molecule has 4 heterocycles. The minimum atomic E-state index is -0.406. The Bertz CT molecular complexity index is 1780. The first-order valence-corrected chi connectivity index (χ1v) is 14.6. The third kappa shape index (κ3) is 5.46. The molecule has 4 aromatic rings. The third-order valence-corrected chi connectivity index (χ3v) is 8.18. The van der Waals surface area contributed by atoms with Gasteiger partial charge in [-0.1, -0.05) is 36.4 Å². The van der Waals surface area contributed by atoms with Crippen molar-refractivity contribution in [1.82, 2.24) is 19.4 Å². The van der Waals surface area contributed by atoms with E-state index in [-0.39, 0.29) is 37.4 Å². The molecular weight excluding hydrogens is 548 g/mol. The average molecular weight is 583 g/mol. The Balaban J connectivity index is 1.39. The zero-order chi connectivity index (χ0) is 30.1. The van der Waals surface area contributed by atoms with E-state index in [1.54, 1.807) is 18.9 Å². The Morgan fingerprint density at radius 1 is 0.907 bits per heavy atom. The van der Waals surface area contributed by atoms with Crippen LogP contribution < -0.4 is 5.32 Å². The number of nitrogens with zero attached hydrogens (tertiary/aromatic N) is 3. The standard InChI is InChI=1S/C33H34N4O6/c1-3-42-29(39)13-12-28(38)35(2)18-21-14-15-36-19-24(22-8-4-6-10-26(22)36)30-31(33(41)34-32(30)40)25-20-37(16-17-43-21)27-11-7-5-9-23(25)27/h4-11,19-21H,3,12-18H2,1-2H3,(H,34,40,41)/t21-/m0/s1. The van der Waals surface area contributed by atoms with Gasteiger partial charge in [0.15, 0.2) is 0 Å². The zero-order valence-corrected chi connectivity index (χ0v) is 24.3. The highest BCUT2D eigenvalue weighted by Gasteiger charge is 2.35. The van der Waals surface area contributed by atoms with Crippen molar-refractivity contribution in [3.05, 3.63) is 72.1 Å². The van der Waals surface area contributed by atoms with Crippen LogP contribution in [0.2, 0.25) is 0 Å². The molecule has 0 fully saturated rings. The minimum Gasteiger partial charge on any atom is -0.466 e. The maximum Gasteiger partial charge on any atom is 0.306 e. The lowest BCUT2D eigenvalue weighted by atomic mass is 9.95. The Morgan fingerprint density at radius 2 is 1.49 bits per heavy atom. The molecule has 0 aliphatic carbocycles. The van der Waals surface area contributed by atoms with Gasteiger partial charge in [-0.05, 0) is 25.5 Å². The minimum absolute atomic E-state index is 0.0393. The van der Waals surface area contributed by atoms with Gasteiger partial charge in [0.2, 0.25) is 5.91 Å². The highest BCUT2D eigenvalue weighted by Crippen LogP contribution is 2.39. The summed E-state index contributed by atoms with van der Waals surface area (Å²) in [6.45, 7) is 3.85. The number of rotatable bonds is 6. The van der Waals surface area contributed by atoms with Crippen molar-refractivity contribution < 1.29 is 28.7 Å². The maximum absolute atomic E-state index is 13.3. The molecule has 4 bridgehead atoms. The van der Waals surface area contributed by atoms with Crippen LogP contribution in [-0.2, 0) is 41.7 Å². The van der Waals surface area contributed by atoms with E-state index in [1.807, 2.05) is 65.5 Å². The number of carbonyl (C=O) groups is 4. The SMILES string of the molecule is CCOC(=O)CCC(=O)N(C)C[C@@H]1CCn2cc(c3ccccc32)C2=C(C(=O)NC2=O)c2cn(c3ccccc23)CCO1. The fraction of sp³-hybridized carbons (Fsp3) is 0.333. The van der Waals surface area contributed by atoms with E-state index in [2.05, 4.69) is 9.88 Å². The van der Waals surface area contributed by atoms with E-state index < -0.39 is 11.8 Å². The van der Waals surface area contributed by atoms with Crippen LogP contribution >= 0.6 is 0 Å². The number of hydrogen-bond donors (Lipinski definition) is 1. The van der Waals surface area contributed by atoms with Crippen molar-refractivity contribution in [1.29, 1.82) is 0 Å². The largest absolute Gasteiger partial charge is 0.466 e. The molecule has 2 aromatic carbocycles. The second-order valence-corrected chi connectivity index (χ2v) is 10.9. The zero-order valence-electron chi connectivity index (χ0n) is 24.3. The molecule has 222 valence electrons. The quantitative estimate of drug-likeness (QED) is 0.274. The van der Waals surface area contributed by atoms with Gasteiger partial charge in [-0.2, -0.15) is 0 Å². The van der Waals surface area contributed by atoms with Crippen molar-refractivity contribution >= 4 is 56.6 Å². The number of fused-ring (bicyclic) bond motifs is 12. The molecule has 6 rings (SSSR count). The molecule has 10 heteroatoms. The summed E-state index contributed by atoms with van der Waals surface area (Å²) in [7, 11) is 1.72. The number of para-hydroxylation sites is 2. The van der Waals surface area contributed by atoms with Crippen molar-refractivity contribution in [3.63, 3.8) is 0 Å². The highest BCUT2D eigenvalue weighted by molar-refractivity contribution is 6.50. The molecule has 1 N–H and O–H groups in total. The predicted molar refractivity (Wildman–Crippen MR) is 162 cm³/mol. The van der Waals surface area contributed by atoms with Crippen LogP contribution in [0, 0.1) is 0 Å². The molecule has 43 heavy (non-hydrogen) atoms. The summed E-state index contributed by atoms with van der Waals surface area (Å²) in [5.74, 6) is -1.35. The van der Waals surface area contributed by atoms with Gasteiger partial charge >= 0.3 is 5.97 Å². The van der Waals surface area contributed by atoms with Gasteiger partial charge in [-0.3, -0.25) is 24.5 Å². The number of benzene rings is 2. The Morgan fingerprint density at radius 3 is 2.09 bits per heavy atom. The van der Waals surface area contributed by atoms with Crippen molar-refractivity contribution in [2.24, 2.45) is 0 Å². The smallest absolute Gasteiger partial charge is 0.306 e. The van der Waals surface area contributed by atoms with Crippen LogP contribution in [0.25, 0.3) is 33.0 Å². The summed E-state index contributed by atoms with van der Waals surface area (Å²) in [5, 5.41) is 4.29. The van der Waals surface area contributed by atoms with E-state index in [9.17, 15) is 19.2 Å². The number of nitrogens with one attached hydrogen (secondary N) is 1. The lowest BCUT2D eigenvalue weighted by Gasteiger charge is -2.25. The number of aromatic nitrogens is 2. The first-order chi connectivity index (χ1) is 20.9. The summed E-state index contributed by atoms with van der Waals surface area (Å²) in [6, 6.07) is 15.7. The summed E-state index contributed by atoms with van der Waals surface area (Å²) >= 11 is 0. The molecule has 2 aliphatic rings. The van der Waals surface area contributed by atoms with Crippen LogP contribution in [0.1, 0.15) is 37.3 Å². The van der Waals surface area contributed by atoms with Crippen LogP contribution in [-0.4, -0.2) is 70.6 Å². The lowest BCUT2D eigenvalue weighted by Crippen LogP contribution is -2.36. The monoisotopic (exact) mass is 582 g/mol. The van der Waals surface area contributed by atoms with Gasteiger partial charge < -0.3 is 23.5 Å². The van der Waals surface area contributed by atoms with Gasteiger partial charge in [0, 0.05) is 78.4 Å². The van der Waals surface area contributed by atoms with E-state index >= 15 is 0 Å². The van der Waals surface area contributed by atoms with E-state index in [4.69, 9.17) is 9.47 Å². The van der Waals surface area contributed by atoms with Gasteiger partial charge in [0.1, 0.15) is 0 Å². The maximum atomic E-state index is 13.3. The third-order valence-electron chi connectivity index (χ3n) is 8.18. The van der Waals surface area contributed by atoms with Crippen molar-refractivity contribution in [3.8, 4) is 0 Å². The molecule has 0 radical (unpaired) electrons. The van der Waals surface area contributed by atoms with Gasteiger partial charge in [-0.25, -0.2) is 0 Å². The fourth-order valence-corrected chi connectivity index (χ4v) is 6.10. The van der Waals surface area contributed by atoms with Gasteiger partial charge in [-0.15, -0.1) is 0 Å². The summed E-state index contributed by atoms with van der Waals surface area (Å²) in [5.41, 5.74) is 4.02. The van der Waals surface area contributed by atoms with Crippen LogP contribution in [0.4, 0.5) is 0 Å². The number of imide groups is 1. The molecule has 10 nitrogen and oxygen atoms in total. The van der Waals surface area contributed by atoms with E-state index in [0.717, 1.165) is 21.8 Å². The Hall–Kier alpha value is -4.70. The topological polar surface area (TPSA) is 112 Å². The van der Waals surface area contributed by atoms with E-state index in [1.165, 1.54) is 0 Å². The number of ether oxygens (including phenoxy) is 2. The average Bonchev–Trinajstić information content (AvgIpc) is 3.64. The van der Waals surface area contributed by atoms with Crippen LogP contribution in [0.3, 0.4) is 0 Å². The van der Waals surface area contributed by atoms with Gasteiger partial charge in [0.05, 0.1) is 36.9 Å². The fourth-order valence-electron chi connectivity index (χ4n) is 6.10. The van der Waals surface area contributed by atoms with Crippen molar-refractivity contribution in [2.45, 2.75) is 45.4 Å². The highest BCUT2D eigenvalue weighted by atomic mass is 16.5. The number of likely N-dealkylation sites (N-methyl/N-ethyl adjacent to an activating group) is 1. The Kier molecular flexibility index (Phi) is 7.86. The predicted octanol–water partition coefficient (Wildman–Crippen LogP) is 3.75. The first-order valence-electron chi connectivity index (χ1n) is 14.6. The number of carbonyl (C=O) groups excluding carboxylic acids is 4. The molecule has 1 atom stereocenters. The summed E-state index contributed by atoms with van der Waals surface area (Å²) < 4.78 is 15.5. The summed E-state index contributed by atoms with van der Waals surface area (Å²) in [4.78, 5) is 52.8. The van der Waals surface area contributed by atoms with Crippen LogP contribution in [0.5, 0.6) is 0 Å². The lowest BCUT2D eigenvalue weighted by molar-refractivity contribution is -0.145. The summed E-state index contributed by atoms with van der Waals surface area (Å²) in [6.07, 6.45) is 4.29. The number of aryl methyl sites for hydroxylation is 1. The van der Waals surface area contributed by atoms with Crippen molar-refractivity contribution in [2.75, 3.05) is 26.8 Å². The molecule has 0 spiro atoms. The van der Waals surface area contributed by atoms with Gasteiger partial charge in [0.25, 0.3) is 11.8 Å². The Labute approximate surface area is 248 Å². The molecule has 0 saturated heterocycles. The second kappa shape index (κ2) is 11.9. The molecule has 3 amide bonds. The molecule has 2 aromatic heterocycles. The normalized spacial score (nSPS) is 17.1. The molecule has 2 aliphatic heterocycles. The number of esters is 1. The molecule has 0 unspecified atom stereocenters. The number of hydrogen-bond acceptors (Lipinski definition) is 6. The molecule has 0 saturated carbocycles.